The first-order valence-electron chi connectivity index (χ1n) is 6.15. The van der Waals surface area contributed by atoms with Crippen LogP contribution in [0.15, 0.2) is 23.1 Å². The summed E-state index contributed by atoms with van der Waals surface area (Å²) in [6.07, 6.45) is 2.34. The first-order valence-corrected chi connectivity index (χ1v) is 7.13. The van der Waals surface area contributed by atoms with Gasteiger partial charge >= 0.3 is 0 Å². The van der Waals surface area contributed by atoms with Crippen LogP contribution in [0, 0.1) is 19.8 Å². The van der Waals surface area contributed by atoms with Gasteiger partial charge in [-0.3, -0.25) is 0 Å². The van der Waals surface area contributed by atoms with Crippen molar-refractivity contribution in [3.8, 4) is 0 Å². The van der Waals surface area contributed by atoms with Gasteiger partial charge in [0.15, 0.2) is 0 Å². The SMILES string of the molecule is Cc1ccc(SCC(N)(CO)C2CC2)cc1C. The van der Waals surface area contributed by atoms with Crippen LogP contribution in [-0.2, 0) is 0 Å². The summed E-state index contributed by atoms with van der Waals surface area (Å²) < 4.78 is 0. The number of rotatable bonds is 5. The molecule has 94 valence electrons. The van der Waals surface area contributed by atoms with Crippen LogP contribution in [0.1, 0.15) is 24.0 Å². The topological polar surface area (TPSA) is 46.2 Å². The van der Waals surface area contributed by atoms with Gasteiger partial charge in [0, 0.05) is 10.6 Å². The number of benzene rings is 1. The van der Waals surface area contributed by atoms with Crippen LogP contribution in [-0.4, -0.2) is 23.0 Å². The highest BCUT2D eigenvalue weighted by molar-refractivity contribution is 7.99. The maximum Gasteiger partial charge on any atom is 0.0622 e. The number of aryl methyl sites for hydroxylation is 2. The van der Waals surface area contributed by atoms with Crippen molar-refractivity contribution in [3.05, 3.63) is 29.3 Å². The van der Waals surface area contributed by atoms with E-state index >= 15 is 0 Å². The molecule has 0 saturated heterocycles. The molecule has 2 nitrogen and oxygen atoms in total. The molecule has 0 radical (unpaired) electrons. The van der Waals surface area contributed by atoms with Gasteiger partial charge in [-0.15, -0.1) is 11.8 Å². The fourth-order valence-electron chi connectivity index (χ4n) is 1.97. The van der Waals surface area contributed by atoms with E-state index in [1.54, 1.807) is 11.8 Å². The van der Waals surface area contributed by atoms with Crippen molar-refractivity contribution in [1.29, 1.82) is 0 Å². The van der Waals surface area contributed by atoms with E-state index in [0.29, 0.717) is 5.92 Å². The average molecular weight is 251 g/mol. The Morgan fingerprint density at radius 3 is 2.59 bits per heavy atom. The predicted molar refractivity (Wildman–Crippen MR) is 73.4 cm³/mol. The third-order valence-corrected chi connectivity index (χ3v) is 4.94. The number of nitrogens with two attached hydrogens (primary N) is 1. The Morgan fingerprint density at radius 1 is 1.35 bits per heavy atom. The fraction of sp³-hybridized carbons (Fsp3) is 0.571. The zero-order valence-electron chi connectivity index (χ0n) is 10.6. The summed E-state index contributed by atoms with van der Waals surface area (Å²) in [6.45, 7) is 4.34. The van der Waals surface area contributed by atoms with E-state index in [-0.39, 0.29) is 12.1 Å². The molecule has 0 bridgehead atoms. The van der Waals surface area contributed by atoms with E-state index in [4.69, 9.17) is 5.73 Å². The second-order valence-corrected chi connectivity index (χ2v) is 6.25. The highest BCUT2D eigenvalue weighted by atomic mass is 32.2. The molecule has 3 N–H and O–H groups in total. The molecule has 2 rings (SSSR count). The molecule has 0 spiro atoms. The normalized spacial score (nSPS) is 19.1. The largest absolute Gasteiger partial charge is 0.394 e. The number of aliphatic hydroxyl groups excluding tert-OH is 1. The molecule has 1 saturated carbocycles. The molecule has 1 fully saturated rings. The van der Waals surface area contributed by atoms with Gasteiger partial charge < -0.3 is 10.8 Å². The van der Waals surface area contributed by atoms with E-state index in [1.165, 1.54) is 28.9 Å². The van der Waals surface area contributed by atoms with Crippen LogP contribution in [0.2, 0.25) is 0 Å². The molecule has 0 aromatic heterocycles. The zero-order chi connectivity index (χ0) is 12.5. The highest BCUT2D eigenvalue weighted by Crippen LogP contribution is 2.40. The predicted octanol–water partition coefficient (Wildman–Crippen LogP) is 2.50. The number of hydrogen-bond acceptors (Lipinski definition) is 3. The van der Waals surface area contributed by atoms with Gasteiger partial charge in [-0.25, -0.2) is 0 Å². The van der Waals surface area contributed by atoms with Crippen molar-refractivity contribution in [2.24, 2.45) is 11.7 Å². The van der Waals surface area contributed by atoms with Crippen molar-refractivity contribution in [2.75, 3.05) is 12.4 Å². The summed E-state index contributed by atoms with van der Waals surface area (Å²) in [5, 5.41) is 9.43. The van der Waals surface area contributed by atoms with Crippen LogP contribution < -0.4 is 5.73 Å². The molecular weight excluding hydrogens is 230 g/mol. The summed E-state index contributed by atoms with van der Waals surface area (Å²) in [4.78, 5) is 1.25. The van der Waals surface area contributed by atoms with Gasteiger partial charge in [-0.1, -0.05) is 6.07 Å². The minimum Gasteiger partial charge on any atom is -0.394 e. The van der Waals surface area contributed by atoms with Crippen molar-refractivity contribution in [2.45, 2.75) is 37.1 Å². The van der Waals surface area contributed by atoms with Gasteiger partial charge in [0.1, 0.15) is 0 Å². The van der Waals surface area contributed by atoms with Gasteiger partial charge in [0.2, 0.25) is 0 Å². The van der Waals surface area contributed by atoms with Crippen molar-refractivity contribution in [3.63, 3.8) is 0 Å². The molecule has 1 atom stereocenters. The lowest BCUT2D eigenvalue weighted by molar-refractivity contribution is 0.194. The Morgan fingerprint density at radius 2 is 2.06 bits per heavy atom. The standard InChI is InChI=1S/C14H21NOS/c1-10-3-6-13(7-11(10)2)17-9-14(15,8-16)12-4-5-12/h3,6-7,12,16H,4-5,8-9,15H2,1-2H3. The first-order chi connectivity index (χ1) is 8.05. The third-order valence-electron chi connectivity index (χ3n) is 3.67. The van der Waals surface area contributed by atoms with E-state index in [9.17, 15) is 5.11 Å². The Balaban J connectivity index is 1.98. The van der Waals surface area contributed by atoms with Crippen LogP contribution in [0.25, 0.3) is 0 Å². The molecule has 1 unspecified atom stereocenters. The number of thioether (sulfide) groups is 1. The summed E-state index contributed by atoms with van der Waals surface area (Å²) >= 11 is 1.76. The van der Waals surface area contributed by atoms with Crippen LogP contribution >= 0.6 is 11.8 Å². The second-order valence-electron chi connectivity index (χ2n) is 5.20. The quantitative estimate of drug-likeness (QED) is 0.790. The monoisotopic (exact) mass is 251 g/mol. The lowest BCUT2D eigenvalue weighted by Gasteiger charge is -2.26. The smallest absolute Gasteiger partial charge is 0.0622 e. The van der Waals surface area contributed by atoms with Crippen molar-refractivity contribution < 1.29 is 5.11 Å². The Labute approximate surface area is 108 Å². The maximum atomic E-state index is 9.43. The van der Waals surface area contributed by atoms with Crippen LogP contribution in [0.3, 0.4) is 0 Å². The molecule has 1 aliphatic carbocycles. The third kappa shape index (κ3) is 3.03. The van der Waals surface area contributed by atoms with Gasteiger partial charge in [0.25, 0.3) is 0 Å². The Kier molecular flexibility index (Phi) is 3.81. The molecular formula is C14H21NOS. The molecule has 0 amide bonds. The van der Waals surface area contributed by atoms with Gasteiger partial charge in [0.05, 0.1) is 12.1 Å². The van der Waals surface area contributed by atoms with Crippen LogP contribution in [0.4, 0.5) is 0 Å². The fourth-order valence-corrected chi connectivity index (χ4v) is 3.16. The zero-order valence-corrected chi connectivity index (χ0v) is 11.4. The average Bonchev–Trinajstić information content (AvgIpc) is 3.14. The number of hydrogen-bond donors (Lipinski definition) is 2. The summed E-state index contributed by atoms with van der Waals surface area (Å²) in [5.74, 6) is 1.32. The molecule has 1 aromatic carbocycles. The second kappa shape index (κ2) is 5.01. The van der Waals surface area contributed by atoms with Gasteiger partial charge in [-0.2, -0.15) is 0 Å². The Hall–Kier alpha value is -0.510. The van der Waals surface area contributed by atoms with Crippen molar-refractivity contribution >= 4 is 11.8 Å². The van der Waals surface area contributed by atoms with E-state index in [0.717, 1.165) is 5.75 Å². The Bertz CT molecular complexity index is 403. The summed E-state index contributed by atoms with van der Waals surface area (Å²) in [7, 11) is 0. The molecule has 0 aliphatic heterocycles. The summed E-state index contributed by atoms with van der Waals surface area (Å²) in [6, 6.07) is 6.48. The molecule has 17 heavy (non-hydrogen) atoms. The highest BCUT2D eigenvalue weighted by Gasteiger charge is 2.41. The van der Waals surface area contributed by atoms with E-state index in [2.05, 4.69) is 32.0 Å². The minimum absolute atomic E-state index is 0.0928. The number of aliphatic hydroxyl groups is 1. The van der Waals surface area contributed by atoms with E-state index < -0.39 is 0 Å². The van der Waals surface area contributed by atoms with E-state index in [1.807, 2.05) is 0 Å². The minimum atomic E-state index is -0.385. The maximum absolute atomic E-state index is 9.43. The first kappa shape index (κ1) is 12.9. The van der Waals surface area contributed by atoms with Gasteiger partial charge in [-0.05, 0) is 55.9 Å². The lowest BCUT2D eigenvalue weighted by atomic mass is 9.99. The molecule has 1 aliphatic rings. The molecule has 0 heterocycles. The lowest BCUT2D eigenvalue weighted by Crippen LogP contribution is -2.48. The van der Waals surface area contributed by atoms with Crippen molar-refractivity contribution in [1.82, 2.24) is 0 Å². The molecule has 1 aromatic rings. The summed E-state index contributed by atoms with van der Waals surface area (Å²) in [5.41, 5.74) is 8.49. The van der Waals surface area contributed by atoms with Crippen LogP contribution in [0.5, 0.6) is 0 Å². The molecule has 3 heteroatoms.